The van der Waals surface area contributed by atoms with Crippen molar-refractivity contribution >= 4 is 44.9 Å². The molecule has 0 aliphatic heterocycles. The molecular formula is C14H14BrNOS2. The van der Waals surface area contributed by atoms with Crippen molar-refractivity contribution in [2.24, 2.45) is 0 Å². The van der Waals surface area contributed by atoms with E-state index in [1.54, 1.807) is 11.8 Å². The second kappa shape index (κ2) is 6.59. The van der Waals surface area contributed by atoms with Crippen LogP contribution < -0.4 is 5.32 Å². The summed E-state index contributed by atoms with van der Waals surface area (Å²) in [6.45, 7) is 1.99. The Morgan fingerprint density at radius 1 is 1.26 bits per heavy atom. The van der Waals surface area contributed by atoms with Crippen LogP contribution in [0, 0.1) is 0 Å². The fraction of sp³-hybridized carbons (Fsp3) is 0.214. The molecule has 1 heterocycles. The molecule has 0 aliphatic rings. The molecule has 0 radical (unpaired) electrons. The summed E-state index contributed by atoms with van der Waals surface area (Å²) in [5.74, 6) is -0.0304. The van der Waals surface area contributed by atoms with E-state index >= 15 is 0 Å². The first-order valence-electron chi connectivity index (χ1n) is 5.80. The minimum atomic E-state index is -0.0304. The van der Waals surface area contributed by atoms with Gasteiger partial charge in [0.2, 0.25) is 0 Å². The van der Waals surface area contributed by atoms with Gasteiger partial charge in [-0.3, -0.25) is 4.79 Å². The number of nitrogens with one attached hydrogen (secondary N) is 1. The molecule has 0 aliphatic carbocycles. The van der Waals surface area contributed by atoms with Crippen LogP contribution >= 0.6 is 39.0 Å². The third-order valence-corrected chi connectivity index (χ3v) is 5.13. The molecule has 1 aromatic carbocycles. The van der Waals surface area contributed by atoms with Crippen LogP contribution in [0.1, 0.15) is 28.2 Å². The van der Waals surface area contributed by atoms with Gasteiger partial charge in [0, 0.05) is 4.90 Å². The molecule has 100 valence electrons. The number of carbonyl (C=O) groups excluding carboxylic acids is 1. The van der Waals surface area contributed by atoms with Crippen LogP contribution in [0.4, 0.5) is 0 Å². The van der Waals surface area contributed by atoms with Gasteiger partial charge in [-0.1, -0.05) is 12.1 Å². The highest BCUT2D eigenvalue weighted by Gasteiger charge is 2.13. The minimum absolute atomic E-state index is 0.00396. The fourth-order valence-electron chi connectivity index (χ4n) is 1.68. The molecule has 1 unspecified atom stereocenters. The topological polar surface area (TPSA) is 29.1 Å². The first-order valence-corrected chi connectivity index (χ1v) is 8.63. The Hall–Kier alpha value is -0.780. The monoisotopic (exact) mass is 355 g/mol. The lowest BCUT2D eigenvalue weighted by Gasteiger charge is -2.14. The summed E-state index contributed by atoms with van der Waals surface area (Å²) in [5, 5.41) is 3.01. The van der Waals surface area contributed by atoms with E-state index in [0.717, 1.165) is 14.2 Å². The molecule has 1 N–H and O–H groups in total. The highest BCUT2D eigenvalue weighted by molar-refractivity contribution is 9.11. The maximum Gasteiger partial charge on any atom is 0.261 e. The zero-order valence-corrected chi connectivity index (χ0v) is 13.9. The van der Waals surface area contributed by atoms with Crippen LogP contribution in [0.3, 0.4) is 0 Å². The van der Waals surface area contributed by atoms with Crippen molar-refractivity contribution in [3.63, 3.8) is 0 Å². The number of halogens is 1. The van der Waals surface area contributed by atoms with Crippen LogP contribution in [-0.4, -0.2) is 12.2 Å². The highest BCUT2D eigenvalue weighted by Crippen LogP contribution is 2.23. The Labute approximate surface area is 129 Å². The lowest BCUT2D eigenvalue weighted by Crippen LogP contribution is -2.25. The Bertz CT molecular complexity index is 565. The maximum atomic E-state index is 12.0. The van der Waals surface area contributed by atoms with Gasteiger partial charge < -0.3 is 5.32 Å². The summed E-state index contributed by atoms with van der Waals surface area (Å²) in [7, 11) is 0. The Morgan fingerprint density at radius 2 is 1.95 bits per heavy atom. The quantitative estimate of drug-likeness (QED) is 0.803. The fourth-order valence-corrected chi connectivity index (χ4v) is 3.38. The lowest BCUT2D eigenvalue weighted by molar-refractivity contribution is 0.0944. The zero-order chi connectivity index (χ0) is 13.8. The van der Waals surface area contributed by atoms with Crippen LogP contribution in [0.2, 0.25) is 0 Å². The Balaban J connectivity index is 2.03. The zero-order valence-electron chi connectivity index (χ0n) is 10.6. The normalized spacial score (nSPS) is 12.2. The standard InChI is InChI=1S/C14H14BrNOS2/c1-9(10-3-5-11(18-2)6-4-10)16-14(17)12-7-8-13(15)19-12/h3-9H,1-2H3,(H,16,17). The van der Waals surface area contributed by atoms with Crippen molar-refractivity contribution in [2.45, 2.75) is 17.9 Å². The van der Waals surface area contributed by atoms with Gasteiger partial charge in [-0.05, 0) is 58.9 Å². The van der Waals surface area contributed by atoms with Gasteiger partial charge in [-0.25, -0.2) is 0 Å². The number of thioether (sulfide) groups is 1. The molecule has 2 rings (SSSR count). The first kappa shape index (κ1) is 14.6. The van der Waals surface area contributed by atoms with E-state index in [1.165, 1.54) is 16.2 Å². The summed E-state index contributed by atoms with van der Waals surface area (Å²) in [6.07, 6.45) is 2.05. The molecule has 2 nitrogen and oxygen atoms in total. The van der Waals surface area contributed by atoms with Crippen molar-refractivity contribution in [3.8, 4) is 0 Å². The molecular weight excluding hydrogens is 342 g/mol. The van der Waals surface area contributed by atoms with E-state index in [1.807, 2.05) is 19.1 Å². The summed E-state index contributed by atoms with van der Waals surface area (Å²) in [5.41, 5.74) is 1.11. The molecule has 19 heavy (non-hydrogen) atoms. The second-order valence-electron chi connectivity index (χ2n) is 4.07. The van der Waals surface area contributed by atoms with E-state index in [9.17, 15) is 4.79 Å². The number of thiophene rings is 1. The van der Waals surface area contributed by atoms with E-state index in [-0.39, 0.29) is 11.9 Å². The molecule has 1 atom stereocenters. The molecule has 0 fully saturated rings. The SMILES string of the molecule is CSc1ccc(C(C)NC(=O)c2ccc(Br)s2)cc1. The van der Waals surface area contributed by atoms with Crippen LogP contribution in [-0.2, 0) is 0 Å². The summed E-state index contributed by atoms with van der Waals surface area (Å²) in [6, 6.07) is 12.0. The Kier molecular flexibility index (Phi) is 5.07. The minimum Gasteiger partial charge on any atom is -0.345 e. The average molecular weight is 356 g/mol. The molecule has 0 saturated heterocycles. The van der Waals surface area contributed by atoms with Crippen molar-refractivity contribution in [3.05, 3.63) is 50.6 Å². The van der Waals surface area contributed by atoms with Gasteiger partial charge >= 0.3 is 0 Å². The van der Waals surface area contributed by atoms with Crippen molar-refractivity contribution in [2.75, 3.05) is 6.26 Å². The van der Waals surface area contributed by atoms with Crippen LogP contribution in [0.25, 0.3) is 0 Å². The predicted octanol–water partition coefficient (Wildman–Crippen LogP) is 4.72. The lowest BCUT2D eigenvalue weighted by atomic mass is 10.1. The number of hydrogen-bond acceptors (Lipinski definition) is 3. The summed E-state index contributed by atoms with van der Waals surface area (Å²) in [4.78, 5) is 14.0. The third-order valence-electron chi connectivity index (χ3n) is 2.76. The van der Waals surface area contributed by atoms with Gasteiger partial charge in [0.15, 0.2) is 0 Å². The van der Waals surface area contributed by atoms with Gasteiger partial charge in [-0.15, -0.1) is 23.1 Å². The number of amides is 1. The van der Waals surface area contributed by atoms with Gasteiger partial charge in [0.1, 0.15) is 0 Å². The molecule has 0 saturated carbocycles. The summed E-state index contributed by atoms with van der Waals surface area (Å²) >= 11 is 6.52. The van der Waals surface area contributed by atoms with Crippen LogP contribution in [0.5, 0.6) is 0 Å². The molecule has 2 aromatic rings. The third kappa shape index (κ3) is 3.84. The van der Waals surface area contributed by atoms with E-state index in [0.29, 0.717) is 0 Å². The highest BCUT2D eigenvalue weighted by atomic mass is 79.9. The van der Waals surface area contributed by atoms with E-state index in [2.05, 4.69) is 51.8 Å². The van der Waals surface area contributed by atoms with Crippen molar-refractivity contribution < 1.29 is 4.79 Å². The average Bonchev–Trinajstić information content (AvgIpc) is 2.85. The van der Waals surface area contributed by atoms with Gasteiger partial charge in [0.05, 0.1) is 14.7 Å². The number of carbonyl (C=O) groups is 1. The van der Waals surface area contributed by atoms with Crippen molar-refractivity contribution in [1.29, 1.82) is 0 Å². The van der Waals surface area contributed by atoms with Gasteiger partial charge in [0.25, 0.3) is 5.91 Å². The van der Waals surface area contributed by atoms with Crippen LogP contribution in [0.15, 0.2) is 45.1 Å². The van der Waals surface area contributed by atoms with Gasteiger partial charge in [-0.2, -0.15) is 0 Å². The second-order valence-corrected chi connectivity index (χ2v) is 7.41. The molecule has 1 amide bonds. The summed E-state index contributed by atoms with van der Waals surface area (Å²) < 4.78 is 0.967. The number of rotatable bonds is 4. The van der Waals surface area contributed by atoms with E-state index in [4.69, 9.17) is 0 Å². The molecule has 1 aromatic heterocycles. The predicted molar refractivity (Wildman–Crippen MR) is 86.1 cm³/mol. The maximum absolute atomic E-state index is 12.0. The Morgan fingerprint density at radius 3 is 2.47 bits per heavy atom. The molecule has 5 heteroatoms. The number of benzene rings is 1. The first-order chi connectivity index (χ1) is 9.10. The van der Waals surface area contributed by atoms with Crippen molar-refractivity contribution in [1.82, 2.24) is 5.32 Å². The smallest absolute Gasteiger partial charge is 0.261 e. The molecule has 0 bridgehead atoms. The number of hydrogen-bond donors (Lipinski definition) is 1. The largest absolute Gasteiger partial charge is 0.345 e. The molecule has 0 spiro atoms. The van der Waals surface area contributed by atoms with E-state index < -0.39 is 0 Å².